The maximum absolute atomic E-state index is 12.7. The largest absolute Gasteiger partial charge is 0.477 e. The van der Waals surface area contributed by atoms with E-state index in [1.807, 2.05) is 0 Å². The molecule has 1 aromatic heterocycles. The van der Waals surface area contributed by atoms with Gasteiger partial charge in [0.25, 0.3) is 0 Å². The second-order valence-electron chi connectivity index (χ2n) is 4.13. The first-order chi connectivity index (χ1) is 9.98. The number of rotatable bonds is 2. The van der Waals surface area contributed by atoms with Crippen LogP contribution in [0.15, 0.2) is 24.4 Å². The van der Waals surface area contributed by atoms with Crippen molar-refractivity contribution in [3.8, 4) is 10.6 Å². The van der Waals surface area contributed by atoms with Crippen molar-refractivity contribution < 1.29 is 36.2 Å². The molecule has 2 aromatic rings. The van der Waals surface area contributed by atoms with Crippen LogP contribution in [0, 0.1) is 0 Å². The van der Waals surface area contributed by atoms with E-state index in [1.165, 1.54) is 0 Å². The first-order valence-corrected chi connectivity index (χ1v) is 6.29. The molecule has 2 rings (SSSR count). The van der Waals surface area contributed by atoms with Gasteiger partial charge >= 0.3 is 18.3 Å². The summed E-state index contributed by atoms with van der Waals surface area (Å²) in [7, 11) is 0. The zero-order valence-electron chi connectivity index (χ0n) is 10.3. The Hall–Kier alpha value is -2.10. The summed E-state index contributed by atoms with van der Waals surface area (Å²) in [6, 6.07) is 0.995. The van der Waals surface area contributed by atoms with Gasteiger partial charge in [-0.3, -0.25) is 0 Å². The molecule has 0 saturated carbocycles. The number of thiazole rings is 1. The molecule has 1 heterocycles. The number of aromatic nitrogens is 1. The summed E-state index contributed by atoms with van der Waals surface area (Å²) >= 11 is 0.487. The Labute approximate surface area is 122 Å². The van der Waals surface area contributed by atoms with Crippen LogP contribution in [-0.4, -0.2) is 16.1 Å². The van der Waals surface area contributed by atoms with E-state index in [-0.39, 0.29) is 16.0 Å². The van der Waals surface area contributed by atoms with Crippen LogP contribution in [0.4, 0.5) is 26.3 Å². The van der Waals surface area contributed by atoms with Crippen molar-refractivity contribution in [2.24, 2.45) is 0 Å². The molecule has 1 aromatic carbocycles. The molecule has 0 aliphatic carbocycles. The van der Waals surface area contributed by atoms with Gasteiger partial charge in [-0.1, -0.05) is 0 Å². The summed E-state index contributed by atoms with van der Waals surface area (Å²) in [5, 5.41) is 8.48. The van der Waals surface area contributed by atoms with Crippen LogP contribution in [0.3, 0.4) is 0 Å². The topological polar surface area (TPSA) is 50.2 Å². The van der Waals surface area contributed by atoms with E-state index in [9.17, 15) is 31.1 Å². The highest BCUT2D eigenvalue weighted by molar-refractivity contribution is 7.16. The molecule has 22 heavy (non-hydrogen) atoms. The molecule has 0 amide bonds. The molecular formula is C12H5F6NO2S. The predicted molar refractivity (Wildman–Crippen MR) is 64.5 cm³/mol. The molecular weight excluding hydrogens is 336 g/mol. The fraction of sp³-hybridized carbons (Fsp3) is 0.167. The summed E-state index contributed by atoms with van der Waals surface area (Å²) in [4.78, 5) is 14.0. The van der Waals surface area contributed by atoms with Crippen LogP contribution in [0.5, 0.6) is 0 Å². The molecule has 0 unspecified atom stereocenters. The van der Waals surface area contributed by atoms with Crippen LogP contribution in [0.25, 0.3) is 10.6 Å². The average Bonchev–Trinajstić information content (AvgIpc) is 2.85. The number of hydrogen-bond donors (Lipinski definition) is 1. The number of alkyl halides is 6. The number of carbonyl (C=O) groups is 1. The number of carboxylic acids is 1. The molecule has 10 heteroatoms. The fourth-order valence-corrected chi connectivity index (χ4v) is 2.33. The Bertz CT molecular complexity index is 687. The number of benzene rings is 1. The highest BCUT2D eigenvalue weighted by atomic mass is 32.1. The van der Waals surface area contributed by atoms with Gasteiger partial charge in [0.2, 0.25) is 0 Å². The van der Waals surface area contributed by atoms with Crippen LogP contribution in [0.1, 0.15) is 20.8 Å². The van der Waals surface area contributed by atoms with Crippen molar-refractivity contribution in [1.82, 2.24) is 4.98 Å². The number of aromatic carboxylic acids is 1. The SMILES string of the molecule is O=C(O)c1cnc(-c2cc(C(F)(F)F)cc(C(F)(F)F)c2)s1. The van der Waals surface area contributed by atoms with Gasteiger partial charge in [0.05, 0.1) is 17.3 Å². The molecule has 118 valence electrons. The molecule has 0 atom stereocenters. The lowest BCUT2D eigenvalue weighted by Gasteiger charge is -2.13. The van der Waals surface area contributed by atoms with Crippen molar-refractivity contribution in [3.63, 3.8) is 0 Å². The molecule has 0 aliphatic rings. The smallest absolute Gasteiger partial charge is 0.416 e. The summed E-state index contributed by atoms with van der Waals surface area (Å²) in [6.07, 6.45) is -9.07. The summed E-state index contributed by atoms with van der Waals surface area (Å²) < 4.78 is 76.2. The minimum atomic E-state index is -4.97. The quantitative estimate of drug-likeness (QED) is 0.816. The molecule has 0 fully saturated rings. The molecule has 0 radical (unpaired) electrons. The second kappa shape index (κ2) is 5.27. The molecule has 0 saturated heterocycles. The predicted octanol–water partition coefficient (Wildman–Crippen LogP) is 4.55. The lowest BCUT2D eigenvalue weighted by molar-refractivity contribution is -0.143. The van der Waals surface area contributed by atoms with Gasteiger partial charge in [-0.15, -0.1) is 11.3 Å². The summed E-state index contributed by atoms with van der Waals surface area (Å²) in [5.74, 6) is -1.37. The average molecular weight is 341 g/mol. The van der Waals surface area contributed by atoms with Crippen molar-refractivity contribution >= 4 is 17.3 Å². The van der Waals surface area contributed by atoms with Gasteiger partial charge in [0.1, 0.15) is 9.88 Å². The maximum atomic E-state index is 12.7. The van der Waals surface area contributed by atoms with E-state index in [0.717, 1.165) is 6.20 Å². The molecule has 3 nitrogen and oxygen atoms in total. The monoisotopic (exact) mass is 341 g/mol. The zero-order valence-corrected chi connectivity index (χ0v) is 11.1. The highest BCUT2D eigenvalue weighted by Crippen LogP contribution is 2.39. The minimum Gasteiger partial charge on any atom is -0.477 e. The van der Waals surface area contributed by atoms with Gasteiger partial charge in [-0.2, -0.15) is 26.3 Å². The Morgan fingerprint density at radius 3 is 1.86 bits per heavy atom. The third-order valence-corrected chi connectivity index (χ3v) is 3.59. The molecule has 0 spiro atoms. The van der Waals surface area contributed by atoms with Gasteiger partial charge in [0.15, 0.2) is 0 Å². The van der Waals surface area contributed by atoms with E-state index < -0.39 is 35.0 Å². The number of carboxylic acid groups (broad SMARTS) is 1. The Balaban J connectivity index is 2.61. The third kappa shape index (κ3) is 3.38. The van der Waals surface area contributed by atoms with Crippen LogP contribution in [0.2, 0.25) is 0 Å². The van der Waals surface area contributed by atoms with E-state index >= 15 is 0 Å². The van der Waals surface area contributed by atoms with Gasteiger partial charge in [-0.05, 0) is 18.2 Å². The Kier molecular flexibility index (Phi) is 3.90. The number of hydrogen-bond acceptors (Lipinski definition) is 3. The normalized spacial score (nSPS) is 12.5. The Morgan fingerprint density at radius 1 is 1.00 bits per heavy atom. The van der Waals surface area contributed by atoms with Gasteiger partial charge in [0, 0.05) is 5.56 Å². The van der Waals surface area contributed by atoms with Crippen molar-refractivity contribution in [1.29, 1.82) is 0 Å². The fourth-order valence-electron chi connectivity index (χ4n) is 1.58. The molecule has 1 N–H and O–H groups in total. The van der Waals surface area contributed by atoms with E-state index in [4.69, 9.17) is 5.11 Å². The first kappa shape index (κ1) is 16.3. The van der Waals surface area contributed by atoms with Crippen LogP contribution in [-0.2, 0) is 12.4 Å². The highest BCUT2D eigenvalue weighted by Gasteiger charge is 2.37. The Morgan fingerprint density at radius 2 is 1.50 bits per heavy atom. The lowest BCUT2D eigenvalue weighted by atomic mass is 10.1. The number of halogens is 6. The lowest BCUT2D eigenvalue weighted by Crippen LogP contribution is -2.11. The second-order valence-corrected chi connectivity index (χ2v) is 5.16. The van der Waals surface area contributed by atoms with Crippen LogP contribution < -0.4 is 0 Å². The van der Waals surface area contributed by atoms with Crippen molar-refractivity contribution in [2.75, 3.05) is 0 Å². The zero-order chi connectivity index (χ0) is 16.7. The van der Waals surface area contributed by atoms with Gasteiger partial charge < -0.3 is 5.11 Å². The molecule has 0 aliphatic heterocycles. The van der Waals surface area contributed by atoms with E-state index in [2.05, 4.69) is 4.98 Å². The van der Waals surface area contributed by atoms with Gasteiger partial charge in [-0.25, -0.2) is 9.78 Å². The van der Waals surface area contributed by atoms with Crippen LogP contribution >= 0.6 is 11.3 Å². The summed E-state index contributed by atoms with van der Waals surface area (Å²) in [5.41, 5.74) is -3.41. The van der Waals surface area contributed by atoms with Crippen molar-refractivity contribution in [2.45, 2.75) is 12.4 Å². The van der Waals surface area contributed by atoms with E-state index in [1.54, 1.807) is 0 Å². The van der Waals surface area contributed by atoms with Crippen molar-refractivity contribution in [3.05, 3.63) is 40.4 Å². The summed E-state index contributed by atoms with van der Waals surface area (Å²) in [6.45, 7) is 0. The molecule has 0 bridgehead atoms. The standard InChI is InChI=1S/C12H5F6NO2S/c13-11(14,15)6-1-5(2-7(3-6)12(16,17)18)9-19-4-8(22-9)10(20)21/h1-4H,(H,20,21). The maximum Gasteiger partial charge on any atom is 0.416 e. The first-order valence-electron chi connectivity index (χ1n) is 5.47. The number of nitrogens with zero attached hydrogens (tertiary/aromatic N) is 1. The third-order valence-electron chi connectivity index (χ3n) is 2.55. The minimum absolute atomic E-state index is 0.00475. The van der Waals surface area contributed by atoms with E-state index in [0.29, 0.717) is 23.5 Å².